The van der Waals surface area contributed by atoms with Crippen LogP contribution in [0.3, 0.4) is 0 Å². The van der Waals surface area contributed by atoms with Crippen LogP contribution in [0, 0.1) is 12.3 Å². The second-order valence-electron chi connectivity index (χ2n) is 2.87. The smallest absolute Gasteiger partial charge is 0.185 e. The molecule has 1 aromatic heterocycles. The maximum absolute atomic E-state index is 5.64. The lowest BCUT2D eigenvalue weighted by atomic mass is 10.1. The molecule has 1 N–H and O–H groups in total. The highest BCUT2D eigenvalue weighted by atomic mass is 35.5. The van der Waals surface area contributed by atoms with E-state index in [1.54, 1.807) is 5.38 Å². The number of halogens is 1. The first-order valence-electron chi connectivity index (χ1n) is 3.40. The molecule has 0 spiro atoms. The summed E-state index contributed by atoms with van der Waals surface area (Å²) in [7, 11) is 0. The fourth-order valence-electron chi connectivity index (χ4n) is 0.615. The van der Waals surface area contributed by atoms with Crippen molar-refractivity contribution in [3.63, 3.8) is 0 Å². The highest BCUT2D eigenvalue weighted by Gasteiger charge is 2.14. The summed E-state index contributed by atoms with van der Waals surface area (Å²) in [4.78, 5) is 4.02. The molecule has 1 aromatic rings. The Kier molecular flexibility index (Phi) is 2.61. The maximum atomic E-state index is 5.64. The number of thiazole rings is 1. The van der Waals surface area contributed by atoms with Gasteiger partial charge < -0.3 is 5.32 Å². The summed E-state index contributed by atoms with van der Waals surface area (Å²) >= 11 is 7.08. The van der Waals surface area contributed by atoms with Gasteiger partial charge in [0.25, 0.3) is 0 Å². The van der Waals surface area contributed by atoms with Crippen LogP contribution in [0.2, 0.25) is 5.15 Å². The molecule has 0 atom stereocenters. The molecule has 0 aliphatic rings. The number of rotatable bonds is 2. The Morgan fingerprint density at radius 3 is 2.83 bits per heavy atom. The van der Waals surface area contributed by atoms with E-state index in [4.69, 9.17) is 18.0 Å². The van der Waals surface area contributed by atoms with Gasteiger partial charge in [0.1, 0.15) is 5.15 Å². The van der Waals surface area contributed by atoms with Gasteiger partial charge in [-0.25, -0.2) is 4.98 Å². The lowest BCUT2D eigenvalue weighted by Gasteiger charge is -2.18. The summed E-state index contributed by atoms with van der Waals surface area (Å²) in [5.41, 5.74) is -0.374. The second kappa shape index (κ2) is 3.34. The molecule has 0 aliphatic heterocycles. The minimum atomic E-state index is -0.374. The third-order valence-electron chi connectivity index (χ3n) is 1.26. The zero-order valence-electron chi connectivity index (χ0n) is 6.89. The lowest BCUT2D eigenvalue weighted by molar-refractivity contribution is 0.740. The van der Waals surface area contributed by atoms with Crippen LogP contribution in [0.1, 0.15) is 13.8 Å². The largest absolute Gasteiger partial charge is 0.346 e. The van der Waals surface area contributed by atoms with E-state index in [2.05, 4.69) is 16.2 Å². The van der Waals surface area contributed by atoms with E-state index in [-0.39, 0.29) is 5.54 Å². The van der Waals surface area contributed by atoms with Gasteiger partial charge >= 0.3 is 0 Å². The Morgan fingerprint density at radius 2 is 2.42 bits per heavy atom. The Hall–Kier alpha value is -0.720. The van der Waals surface area contributed by atoms with Gasteiger partial charge in [-0.2, -0.15) is 0 Å². The van der Waals surface area contributed by atoms with Gasteiger partial charge in [-0.1, -0.05) is 17.5 Å². The number of hydrogen-bond donors (Lipinski definition) is 1. The molecule has 0 amide bonds. The Labute approximate surface area is 81.0 Å². The van der Waals surface area contributed by atoms with Crippen molar-refractivity contribution in [2.24, 2.45) is 0 Å². The number of terminal acetylenes is 1. The zero-order chi connectivity index (χ0) is 9.19. The predicted molar refractivity (Wildman–Crippen MR) is 53.7 cm³/mol. The Bertz CT molecular complexity index is 311. The predicted octanol–water partition coefficient (Wildman–Crippen LogP) is 2.62. The second-order valence-corrected chi connectivity index (χ2v) is 4.12. The van der Waals surface area contributed by atoms with Crippen LogP contribution in [0.5, 0.6) is 0 Å². The van der Waals surface area contributed by atoms with Crippen LogP contribution in [0.4, 0.5) is 5.13 Å². The lowest BCUT2D eigenvalue weighted by Crippen LogP contribution is -2.28. The van der Waals surface area contributed by atoms with E-state index in [1.807, 2.05) is 13.8 Å². The number of anilines is 1. The van der Waals surface area contributed by atoms with Crippen LogP contribution in [-0.4, -0.2) is 10.5 Å². The monoisotopic (exact) mass is 200 g/mol. The normalized spacial score (nSPS) is 10.8. The van der Waals surface area contributed by atoms with E-state index in [1.165, 1.54) is 11.3 Å². The topological polar surface area (TPSA) is 24.9 Å². The quantitative estimate of drug-likeness (QED) is 0.743. The first kappa shape index (κ1) is 9.37. The molecule has 0 bridgehead atoms. The molecule has 0 unspecified atom stereocenters. The first-order valence-corrected chi connectivity index (χ1v) is 4.66. The van der Waals surface area contributed by atoms with Gasteiger partial charge in [0.15, 0.2) is 5.13 Å². The highest BCUT2D eigenvalue weighted by molar-refractivity contribution is 7.14. The first-order chi connectivity index (χ1) is 5.53. The molecular formula is C8H9ClN2S. The van der Waals surface area contributed by atoms with Gasteiger partial charge in [-0.15, -0.1) is 17.8 Å². The number of nitrogens with one attached hydrogen (secondary N) is 1. The fraction of sp³-hybridized carbons (Fsp3) is 0.375. The summed E-state index contributed by atoms with van der Waals surface area (Å²) in [5, 5.41) is 6.08. The van der Waals surface area contributed by atoms with Crippen LogP contribution < -0.4 is 5.32 Å². The molecule has 0 radical (unpaired) electrons. The minimum Gasteiger partial charge on any atom is -0.346 e. The molecule has 0 fully saturated rings. The van der Waals surface area contributed by atoms with Crippen molar-refractivity contribution in [2.75, 3.05) is 5.32 Å². The van der Waals surface area contributed by atoms with Crippen molar-refractivity contribution in [3.8, 4) is 12.3 Å². The molecule has 1 heterocycles. The van der Waals surface area contributed by atoms with Crippen molar-refractivity contribution in [1.82, 2.24) is 4.98 Å². The standard InChI is InChI=1S/C8H9ClN2S/c1-4-8(2,3)11-7-10-6(9)5-12-7/h1,5H,2-3H3,(H,10,11). The summed E-state index contributed by atoms with van der Waals surface area (Å²) in [6.07, 6.45) is 5.29. The van der Waals surface area contributed by atoms with Gasteiger partial charge in [-0.05, 0) is 13.8 Å². The number of hydrogen-bond acceptors (Lipinski definition) is 3. The van der Waals surface area contributed by atoms with Gasteiger partial charge in [0.2, 0.25) is 0 Å². The molecule has 0 saturated carbocycles. The SMILES string of the molecule is C#CC(C)(C)Nc1nc(Cl)cs1. The van der Waals surface area contributed by atoms with E-state index < -0.39 is 0 Å². The summed E-state index contributed by atoms with van der Waals surface area (Å²) in [6.45, 7) is 3.81. The van der Waals surface area contributed by atoms with E-state index in [0.717, 1.165) is 5.13 Å². The van der Waals surface area contributed by atoms with Crippen molar-refractivity contribution in [3.05, 3.63) is 10.5 Å². The van der Waals surface area contributed by atoms with Crippen LogP contribution >= 0.6 is 22.9 Å². The van der Waals surface area contributed by atoms with Crippen LogP contribution in [-0.2, 0) is 0 Å². The summed E-state index contributed by atoms with van der Waals surface area (Å²) in [5.74, 6) is 2.61. The maximum Gasteiger partial charge on any atom is 0.185 e. The van der Waals surface area contributed by atoms with Gasteiger partial charge in [0.05, 0.1) is 5.54 Å². The zero-order valence-corrected chi connectivity index (χ0v) is 8.46. The molecule has 64 valence electrons. The van der Waals surface area contributed by atoms with E-state index >= 15 is 0 Å². The van der Waals surface area contributed by atoms with E-state index in [9.17, 15) is 0 Å². The van der Waals surface area contributed by atoms with Crippen molar-refractivity contribution in [2.45, 2.75) is 19.4 Å². The number of aromatic nitrogens is 1. The van der Waals surface area contributed by atoms with Gasteiger partial charge in [0, 0.05) is 5.38 Å². The number of nitrogens with zero attached hydrogens (tertiary/aromatic N) is 1. The summed E-state index contributed by atoms with van der Waals surface area (Å²) < 4.78 is 0. The molecular weight excluding hydrogens is 192 g/mol. The Balaban J connectivity index is 2.72. The third kappa shape index (κ3) is 2.40. The highest BCUT2D eigenvalue weighted by Crippen LogP contribution is 2.21. The minimum absolute atomic E-state index is 0.374. The van der Waals surface area contributed by atoms with Crippen molar-refractivity contribution >= 4 is 28.1 Å². The van der Waals surface area contributed by atoms with Crippen molar-refractivity contribution < 1.29 is 0 Å². The third-order valence-corrected chi connectivity index (χ3v) is 2.34. The van der Waals surface area contributed by atoms with Crippen LogP contribution in [0.25, 0.3) is 0 Å². The molecule has 1 rings (SSSR count). The molecule has 0 saturated heterocycles. The molecule has 0 aromatic carbocycles. The molecule has 12 heavy (non-hydrogen) atoms. The Morgan fingerprint density at radius 1 is 1.75 bits per heavy atom. The average molecular weight is 201 g/mol. The molecule has 0 aliphatic carbocycles. The molecule has 2 nitrogen and oxygen atoms in total. The van der Waals surface area contributed by atoms with Crippen molar-refractivity contribution in [1.29, 1.82) is 0 Å². The van der Waals surface area contributed by atoms with Crippen LogP contribution in [0.15, 0.2) is 5.38 Å². The summed E-state index contributed by atoms with van der Waals surface area (Å²) in [6, 6.07) is 0. The average Bonchev–Trinajstić information content (AvgIpc) is 2.35. The fourth-order valence-corrected chi connectivity index (χ4v) is 1.61. The van der Waals surface area contributed by atoms with E-state index in [0.29, 0.717) is 5.15 Å². The molecule has 4 heteroatoms. The van der Waals surface area contributed by atoms with Gasteiger partial charge in [-0.3, -0.25) is 0 Å².